The lowest BCUT2D eigenvalue weighted by Gasteiger charge is -1.99. The van der Waals surface area contributed by atoms with Crippen LogP contribution in [0.3, 0.4) is 0 Å². The smallest absolute Gasteiger partial charge is 0.198 e. The zero-order valence-electron chi connectivity index (χ0n) is 11.8. The molecule has 0 aliphatic rings. The number of rotatable bonds is 2. The van der Waals surface area contributed by atoms with Crippen LogP contribution in [-0.4, -0.2) is 16.3 Å². The molecule has 2 aromatic carbocycles. The lowest BCUT2D eigenvalue weighted by atomic mass is 10.1. The standard InChI is InChI=1S/C17H15FN2O/c1-10-5-11(2)7-13(6-10)19-9-15-14-8-12(18)3-4-16(14)20-17(15)21/h3-9,20-21H,1-2H3. The van der Waals surface area contributed by atoms with Crippen LogP contribution in [0.15, 0.2) is 41.4 Å². The molecule has 0 unspecified atom stereocenters. The van der Waals surface area contributed by atoms with Gasteiger partial charge in [-0.25, -0.2) is 4.39 Å². The Morgan fingerprint density at radius 1 is 1.10 bits per heavy atom. The van der Waals surface area contributed by atoms with Crippen molar-refractivity contribution < 1.29 is 9.50 Å². The largest absolute Gasteiger partial charge is 0.494 e. The van der Waals surface area contributed by atoms with E-state index in [1.807, 2.05) is 26.0 Å². The number of halogens is 1. The number of hydrogen-bond acceptors (Lipinski definition) is 2. The monoisotopic (exact) mass is 282 g/mol. The van der Waals surface area contributed by atoms with E-state index in [0.29, 0.717) is 16.5 Å². The lowest BCUT2D eigenvalue weighted by Crippen LogP contribution is -1.81. The molecule has 0 aliphatic heterocycles. The van der Waals surface area contributed by atoms with Crippen LogP contribution in [0.1, 0.15) is 16.7 Å². The summed E-state index contributed by atoms with van der Waals surface area (Å²) >= 11 is 0. The molecule has 0 amide bonds. The van der Waals surface area contributed by atoms with Crippen LogP contribution in [0, 0.1) is 19.7 Å². The average molecular weight is 282 g/mol. The number of H-pyrrole nitrogens is 1. The second-order valence-corrected chi connectivity index (χ2v) is 5.18. The van der Waals surface area contributed by atoms with E-state index < -0.39 is 0 Å². The molecule has 0 spiro atoms. The second kappa shape index (κ2) is 5.05. The third-order valence-electron chi connectivity index (χ3n) is 3.33. The fourth-order valence-corrected chi connectivity index (χ4v) is 2.47. The molecule has 1 heterocycles. The molecule has 106 valence electrons. The molecule has 2 N–H and O–H groups in total. The van der Waals surface area contributed by atoms with Crippen molar-refractivity contribution in [3.8, 4) is 5.88 Å². The molecule has 0 atom stereocenters. The lowest BCUT2D eigenvalue weighted by molar-refractivity contribution is 0.457. The van der Waals surface area contributed by atoms with Crippen molar-refractivity contribution in [1.29, 1.82) is 0 Å². The Morgan fingerprint density at radius 2 is 1.81 bits per heavy atom. The predicted molar refractivity (Wildman–Crippen MR) is 83.1 cm³/mol. The molecule has 21 heavy (non-hydrogen) atoms. The van der Waals surface area contributed by atoms with Gasteiger partial charge in [-0.3, -0.25) is 4.99 Å². The van der Waals surface area contributed by atoms with E-state index in [-0.39, 0.29) is 11.7 Å². The normalized spacial score (nSPS) is 11.6. The van der Waals surface area contributed by atoms with Gasteiger partial charge in [0.1, 0.15) is 5.82 Å². The fourth-order valence-electron chi connectivity index (χ4n) is 2.47. The van der Waals surface area contributed by atoms with Gasteiger partial charge in [0, 0.05) is 17.1 Å². The molecular formula is C17H15FN2O. The zero-order chi connectivity index (χ0) is 15.0. The molecular weight excluding hydrogens is 267 g/mol. The van der Waals surface area contributed by atoms with Crippen LogP contribution >= 0.6 is 0 Å². The first-order chi connectivity index (χ1) is 10.0. The fraction of sp³-hybridized carbons (Fsp3) is 0.118. The summed E-state index contributed by atoms with van der Waals surface area (Å²) < 4.78 is 13.4. The molecule has 0 aliphatic carbocycles. The number of fused-ring (bicyclic) bond motifs is 1. The molecule has 0 radical (unpaired) electrons. The summed E-state index contributed by atoms with van der Waals surface area (Å²) in [5.41, 5.74) is 4.21. The number of nitrogens with one attached hydrogen (secondary N) is 1. The van der Waals surface area contributed by atoms with Gasteiger partial charge in [-0.1, -0.05) is 6.07 Å². The summed E-state index contributed by atoms with van der Waals surface area (Å²) in [6.45, 7) is 4.01. The molecule has 1 aromatic heterocycles. The Kier molecular flexibility index (Phi) is 3.22. The average Bonchev–Trinajstić information content (AvgIpc) is 2.70. The van der Waals surface area contributed by atoms with Crippen LogP contribution in [0.25, 0.3) is 10.9 Å². The molecule has 0 bridgehead atoms. The number of aliphatic imine (C=N–C) groups is 1. The van der Waals surface area contributed by atoms with Crippen LogP contribution in [-0.2, 0) is 0 Å². The maximum Gasteiger partial charge on any atom is 0.198 e. The van der Waals surface area contributed by atoms with Crippen molar-refractivity contribution in [2.45, 2.75) is 13.8 Å². The van der Waals surface area contributed by atoms with Gasteiger partial charge in [-0.2, -0.15) is 0 Å². The van der Waals surface area contributed by atoms with Gasteiger partial charge in [-0.15, -0.1) is 0 Å². The summed E-state index contributed by atoms with van der Waals surface area (Å²) in [7, 11) is 0. The van der Waals surface area contributed by atoms with Crippen LogP contribution in [0.2, 0.25) is 0 Å². The van der Waals surface area contributed by atoms with Gasteiger partial charge in [-0.05, 0) is 55.3 Å². The van der Waals surface area contributed by atoms with Gasteiger partial charge in [0.2, 0.25) is 0 Å². The topological polar surface area (TPSA) is 48.4 Å². The Bertz CT molecular complexity index is 829. The van der Waals surface area contributed by atoms with Crippen molar-refractivity contribution in [3.05, 3.63) is 58.9 Å². The molecule has 0 fully saturated rings. The van der Waals surface area contributed by atoms with Gasteiger partial charge in [0.05, 0.1) is 11.3 Å². The number of aromatic amines is 1. The second-order valence-electron chi connectivity index (χ2n) is 5.18. The highest BCUT2D eigenvalue weighted by Crippen LogP contribution is 2.27. The Balaban J connectivity index is 2.06. The summed E-state index contributed by atoms with van der Waals surface area (Å²) in [6.07, 6.45) is 1.56. The maximum absolute atomic E-state index is 13.4. The Morgan fingerprint density at radius 3 is 2.52 bits per heavy atom. The third kappa shape index (κ3) is 2.65. The quantitative estimate of drug-likeness (QED) is 0.673. The molecule has 3 nitrogen and oxygen atoms in total. The van der Waals surface area contributed by atoms with E-state index in [0.717, 1.165) is 16.8 Å². The first-order valence-corrected chi connectivity index (χ1v) is 6.65. The minimum atomic E-state index is -0.345. The molecule has 3 aromatic rings. The van der Waals surface area contributed by atoms with Crippen molar-refractivity contribution in [3.63, 3.8) is 0 Å². The van der Waals surface area contributed by atoms with Crippen LogP contribution < -0.4 is 0 Å². The first-order valence-electron chi connectivity index (χ1n) is 6.65. The van der Waals surface area contributed by atoms with Crippen molar-refractivity contribution >= 4 is 22.8 Å². The number of nitrogens with zero attached hydrogens (tertiary/aromatic N) is 1. The van der Waals surface area contributed by atoms with Gasteiger partial charge < -0.3 is 10.1 Å². The number of benzene rings is 2. The number of aromatic nitrogens is 1. The summed E-state index contributed by atoms with van der Waals surface area (Å²) in [5.74, 6) is -0.355. The molecule has 0 saturated carbocycles. The molecule has 0 saturated heterocycles. The number of hydrogen-bond donors (Lipinski definition) is 2. The Hall–Kier alpha value is -2.62. The van der Waals surface area contributed by atoms with E-state index in [9.17, 15) is 9.50 Å². The predicted octanol–water partition coefficient (Wildman–Crippen LogP) is 4.38. The summed E-state index contributed by atoms with van der Waals surface area (Å²) in [5, 5.41) is 10.6. The highest BCUT2D eigenvalue weighted by molar-refractivity contribution is 6.02. The highest BCUT2D eigenvalue weighted by atomic mass is 19.1. The van der Waals surface area contributed by atoms with Gasteiger partial charge >= 0.3 is 0 Å². The van der Waals surface area contributed by atoms with Gasteiger partial charge in [0.15, 0.2) is 5.88 Å². The van der Waals surface area contributed by atoms with Crippen LogP contribution in [0.4, 0.5) is 10.1 Å². The van der Waals surface area contributed by atoms with Crippen LogP contribution in [0.5, 0.6) is 5.88 Å². The third-order valence-corrected chi connectivity index (χ3v) is 3.33. The minimum absolute atomic E-state index is 0.0104. The van der Waals surface area contributed by atoms with Crippen molar-refractivity contribution in [2.24, 2.45) is 4.99 Å². The summed E-state index contributed by atoms with van der Waals surface area (Å²) in [4.78, 5) is 7.19. The van der Waals surface area contributed by atoms with E-state index in [2.05, 4.69) is 16.0 Å². The first kappa shape index (κ1) is 13.4. The van der Waals surface area contributed by atoms with E-state index >= 15 is 0 Å². The van der Waals surface area contributed by atoms with Gasteiger partial charge in [0.25, 0.3) is 0 Å². The van der Waals surface area contributed by atoms with Crippen molar-refractivity contribution in [1.82, 2.24) is 4.98 Å². The SMILES string of the molecule is Cc1cc(C)cc(N=Cc2c(O)[nH]c3ccc(F)cc23)c1. The van der Waals surface area contributed by atoms with E-state index in [1.165, 1.54) is 12.1 Å². The summed E-state index contributed by atoms with van der Waals surface area (Å²) in [6, 6.07) is 10.3. The highest BCUT2D eigenvalue weighted by Gasteiger charge is 2.09. The molecule has 3 rings (SSSR count). The zero-order valence-corrected chi connectivity index (χ0v) is 11.8. The molecule has 4 heteroatoms. The van der Waals surface area contributed by atoms with E-state index in [1.54, 1.807) is 12.3 Å². The number of aryl methyl sites for hydroxylation is 2. The minimum Gasteiger partial charge on any atom is -0.494 e. The maximum atomic E-state index is 13.4. The van der Waals surface area contributed by atoms with Crippen molar-refractivity contribution in [2.75, 3.05) is 0 Å². The number of aromatic hydroxyl groups is 1. The van der Waals surface area contributed by atoms with E-state index in [4.69, 9.17) is 0 Å². The Labute approximate surface area is 121 Å².